The highest BCUT2D eigenvalue weighted by Gasteiger charge is 2.11. The number of carbonyl (C=O) groups excluding carboxylic acids is 1. The Labute approximate surface area is 74.4 Å². The zero-order chi connectivity index (χ0) is 9.40. The topological polar surface area (TPSA) is 35.5 Å². The molecule has 0 heterocycles. The lowest BCUT2D eigenvalue weighted by Crippen LogP contribution is -2.04. The maximum absolute atomic E-state index is 11.1. The van der Waals surface area contributed by atoms with Crippen molar-refractivity contribution in [3.05, 3.63) is 0 Å². The van der Waals surface area contributed by atoms with Crippen LogP contribution in [0.2, 0.25) is 0 Å². The number of hydrogen-bond donors (Lipinski definition) is 0. The zero-order valence-corrected chi connectivity index (χ0v) is 8.27. The van der Waals surface area contributed by atoms with Gasteiger partial charge >= 0.3 is 0 Å². The molecule has 0 atom stereocenters. The SMILES string of the molecule is C#CCCC(=O)CP(OC)OC. The van der Waals surface area contributed by atoms with E-state index in [9.17, 15) is 4.79 Å². The van der Waals surface area contributed by atoms with Gasteiger partial charge in [-0.05, 0) is 0 Å². The third-order valence-corrected chi connectivity index (χ3v) is 2.69. The Morgan fingerprint density at radius 2 is 2.08 bits per heavy atom. The summed E-state index contributed by atoms with van der Waals surface area (Å²) < 4.78 is 9.84. The minimum Gasteiger partial charge on any atom is -0.337 e. The summed E-state index contributed by atoms with van der Waals surface area (Å²) >= 11 is 0. The van der Waals surface area contributed by atoms with Gasteiger partial charge in [-0.25, -0.2) is 0 Å². The monoisotopic (exact) mass is 188 g/mol. The molecule has 0 saturated carbocycles. The number of terminal acetylenes is 1. The lowest BCUT2D eigenvalue weighted by molar-refractivity contribution is -0.116. The molecule has 0 fully saturated rings. The zero-order valence-electron chi connectivity index (χ0n) is 7.37. The van der Waals surface area contributed by atoms with Gasteiger partial charge in [-0.15, -0.1) is 12.3 Å². The maximum Gasteiger partial charge on any atom is 0.177 e. The molecule has 0 N–H and O–H groups in total. The molecule has 0 aromatic carbocycles. The first-order valence-corrected chi connectivity index (χ1v) is 4.91. The van der Waals surface area contributed by atoms with Crippen molar-refractivity contribution in [2.75, 3.05) is 20.4 Å². The summed E-state index contributed by atoms with van der Waals surface area (Å²) in [6.45, 7) is 0. The molecule has 0 aliphatic heterocycles. The number of rotatable bonds is 6. The average molecular weight is 188 g/mol. The fraction of sp³-hybridized carbons (Fsp3) is 0.625. The van der Waals surface area contributed by atoms with Crippen LogP contribution in [0.15, 0.2) is 0 Å². The smallest absolute Gasteiger partial charge is 0.177 e. The third kappa shape index (κ3) is 5.26. The highest BCUT2D eigenvalue weighted by molar-refractivity contribution is 7.48. The van der Waals surface area contributed by atoms with E-state index >= 15 is 0 Å². The van der Waals surface area contributed by atoms with Crippen molar-refractivity contribution < 1.29 is 13.8 Å². The molecule has 0 bridgehead atoms. The van der Waals surface area contributed by atoms with Crippen LogP contribution >= 0.6 is 8.38 Å². The van der Waals surface area contributed by atoms with Gasteiger partial charge in [0.1, 0.15) is 5.78 Å². The van der Waals surface area contributed by atoms with E-state index in [0.29, 0.717) is 19.0 Å². The van der Waals surface area contributed by atoms with Crippen molar-refractivity contribution in [2.45, 2.75) is 12.8 Å². The normalized spacial score (nSPS) is 9.83. The molecule has 0 radical (unpaired) electrons. The Morgan fingerprint density at radius 3 is 2.50 bits per heavy atom. The van der Waals surface area contributed by atoms with E-state index in [1.165, 1.54) is 14.2 Å². The molecule has 0 aliphatic rings. The molecular weight excluding hydrogens is 175 g/mol. The number of carbonyl (C=O) groups is 1. The van der Waals surface area contributed by atoms with Crippen LogP contribution in [0.1, 0.15) is 12.8 Å². The first kappa shape index (κ1) is 11.6. The van der Waals surface area contributed by atoms with Gasteiger partial charge in [0, 0.05) is 27.1 Å². The fourth-order valence-electron chi connectivity index (χ4n) is 0.638. The van der Waals surface area contributed by atoms with Crippen molar-refractivity contribution in [1.29, 1.82) is 0 Å². The van der Waals surface area contributed by atoms with Gasteiger partial charge in [0.05, 0.1) is 6.16 Å². The fourth-order valence-corrected chi connectivity index (χ4v) is 1.49. The van der Waals surface area contributed by atoms with Gasteiger partial charge in [0.2, 0.25) is 0 Å². The molecule has 4 heteroatoms. The van der Waals surface area contributed by atoms with Crippen LogP contribution in [0, 0.1) is 12.3 Å². The van der Waals surface area contributed by atoms with Crippen LogP contribution in [-0.4, -0.2) is 26.2 Å². The summed E-state index contributed by atoms with van der Waals surface area (Å²) in [6.07, 6.45) is 6.26. The second kappa shape index (κ2) is 7.24. The molecule has 68 valence electrons. The molecular formula is C8H13O3P. The Morgan fingerprint density at radius 1 is 1.50 bits per heavy atom. The number of hydrogen-bond acceptors (Lipinski definition) is 3. The first-order valence-electron chi connectivity index (χ1n) is 3.55. The predicted molar refractivity (Wildman–Crippen MR) is 48.9 cm³/mol. The summed E-state index contributed by atoms with van der Waals surface area (Å²) in [5.74, 6) is 2.51. The molecule has 0 aromatic heterocycles. The summed E-state index contributed by atoms with van der Waals surface area (Å²) in [7, 11) is 2.03. The largest absolute Gasteiger partial charge is 0.337 e. The first-order chi connectivity index (χ1) is 5.74. The van der Waals surface area contributed by atoms with E-state index in [-0.39, 0.29) is 5.78 Å². The highest BCUT2D eigenvalue weighted by atomic mass is 31.2. The number of ketones is 1. The van der Waals surface area contributed by atoms with Crippen molar-refractivity contribution >= 4 is 14.2 Å². The van der Waals surface area contributed by atoms with Crippen LogP contribution in [-0.2, 0) is 13.8 Å². The Kier molecular flexibility index (Phi) is 6.99. The Hall–Kier alpha value is -0.420. The van der Waals surface area contributed by atoms with Crippen LogP contribution in [0.3, 0.4) is 0 Å². The lowest BCUT2D eigenvalue weighted by atomic mass is 10.2. The van der Waals surface area contributed by atoms with E-state index in [1.54, 1.807) is 0 Å². The van der Waals surface area contributed by atoms with Gasteiger partial charge in [-0.2, -0.15) is 0 Å². The van der Waals surface area contributed by atoms with Gasteiger partial charge in [0.15, 0.2) is 8.38 Å². The Bertz CT molecular complexity index is 170. The molecule has 12 heavy (non-hydrogen) atoms. The van der Waals surface area contributed by atoms with E-state index in [4.69, 9.17) is 15.5 Å². The minimum atomic E-state index is -1.03. The van der Waals surface area contributed by atoms with E-state index in [2.05, 4.69) is 5.92 Å². The van der Waals surface area contributed by atoms with Crippen LogP contribution in [0.25, 0.3) is 0 Å². The van der Waals surface area contributed by atoms with Crippen molar-refractivity contribution in [3.8, 4) is 12.3 Å². The lowest BCUT2D eigenvalue weighted by Gasteiger charge is -2.09. The highest BCUT2D eigenvalue weighted by Crippen LogP contribution is 2.35. The van der Waals surface area contributed by atoms with Gasteiger partial charge in [-0.1, -0.05) is 0 Å². The maximum atomic E-state index is 11.1. The Balaban J connectivity index is 3.60. The molecule has 0 unspecified atom stereocenters. The summed E-state index contributed by atoms with van der Waals surface area (Å²) in [5, 5.41) is 0. The summed E-state index contributed by atoms with van der Waals surface area (Å²) in [5.41, 5.74) is 0. The molecule has 0 aromatic rings. The van der Waals surface area contributed by atoms with Crippen molar-refractivity contribution in [2.24, 2.45) is 0 Å². The van der Waals surface area contributed by atoms with E-state index in [1.807, 2.05) is 0 Å². The van der Waals surface area contributed by atoms with E-state index < -0.39 is 8.38 Å². The average Bonchev–Trinajstić information content (AvgIpc) is 2.10. The second-order valence-corrected chi connectivity index (χ2v) is 3.81. The quantitative estimate of drug-likeness (QED) is 0.469. The van der Waals surface area contributed by atoms with E-state index in [0.717, 1.165) is 0 Å². The molecule has 0 spiro atoms. The molecule has 0 aliphatic carbocycles. The standard InChI is InChI=1S/C8H13O3P/c1-4-5-6-8(9)7-12(10-2)11-3/h1H,5-7H2,2-3H3. The van der Waals surface area contributed by atoms with Crippen LogP contribution in [0.5, 0.6) is 0 Å². The molecule has 0 rings (SSSR count). The van der Waals surface area contributed by atoms with Gasteiger partial charge < -0.3 is 9.05 Å². The van der Waals surface area contributed by atoms with Crippen LogP contribution in [0.4, 0.5) is 0 Å². The van der Waals surface area contributed by atoms with Crippen molar-refractivity contribution in [3.63, 3.8) is 0 Å². The van der Waals surface area contributed by atoms with Gasteiger partial charge in [-0.3, -0.25) is 4.79 Å². The van der Waals surface area contributed by atoms with Crippen molar-refractivity contribution in [1.82, 2.24) is 0 Å². The number of Topliss-reactive ketones (excluding diaryl/α,β-unsaturated/α-hetero) is 1. The molecule has 0 amide bonds. The summed E-state index contributed by atoms with van der Waals surface area (Å²) in [6, 6.07) is 0. The predicted octanol–water partition coefficient (Wildman–Crippen LogP) is 1.57. The van der Waals surface area contributed by atoms with Crippen LogP contribution < -0.4 is 0 Å². The third-order valence-electron chi connectivity index (χ3n) is 1.26. The second-order valence-electron chi connectivity index (χ2n) is 2.10. The van der Waals surface area contributed by atoms with Gasteiger partial charge in [0.25, 0.3) is 0 Å². The molecule has 3 nitrogen and oxygen atoms in total. The molecule has 0 saturated heterocycles. The minimum absolute atomic E-state index is 0.0998. The summed E-state index contributed by atoms with van der Waals surface area (Å²) in [4.78, 5) is 11.1.